The molecule has 0 saturated carbocycles. The van der Waals surface area contributed by atoms with Gasteiger partial charge < -0.3 is 14.5 Å². The van der Waals surface area contributed by atoms with E-state index in [0.717, 1.165) is 0 Å². The number of benzene rings is 1. The van der Waals surface area contributed by atoms with E-state index in [9.17, 15) is 9.59 Å². The molecular formula is C11H10N2O4. The number of aromatic nitrogens is 1. The highest BCUT2D eigenvalue weighted by Crippen LogP contribution is 2.17. The number of hydrogen-bond acceptors (Lipinski definition) is 5. The van der Waals surface area contributed by atoms with E-state index >= 15 is 0 Å². The van der Waals surface area contributed by atoms with E-state index in [0.29, 0.717) is 16.8 Å². The average molecular weight is 234 g/mol. The monoisotopic (exact) mass is 234 g/mol. The van der Waals surface area contributed by atoms with E-state index in [2.05, 4.69) is 15.0 Å². The molecule has 0 saturated heterocycles. The van der Waals surface area contributed by atoms with Crippen LogP contribution in [0.4, 0.5) is 5.69 Å². The fraction of sp³-hybridized carbons (Fsp3) is 0.182. The highest BCUT2D eigenvalue weighted by Gasteiger charge is 2.10. The Morgan fingerprint density at radius 1 is 1.47 bits per heavy atom. The van der Waals surface area contributed by atoms with Crippen molar-refractivity contribution in [2.75, 3.05) is 12.4 Å². The summed E-state index contributed by atoms with van der Waals surface area (Å²) < 4.78 is 9.48. The van der Waals surface area contributed by atoms with Gasteiger partial charge in [0.2, 0.25) is 5.91 Å². The van der Waals surface area contributed by atoms with E-state index in [1.807, 2.05) is 0 Å². The zero-order valence-corrected chi connectivity index (χ0v) is 9.10. The molecule has 1 heterocycles. The number of nitrogens with zero attached hydrogens (tertiary/aromatic N) is 1. The molecular weight excluding hydrogens is 224 g/mol. The number of anilines is 1. The molecule has 0 unspecified atom stereocenters. The Labute approximate surface area is 96.6 Å². The summed E-state index contributed by atoms with van der Waals surface area (Å²) >= 11 is 0. The normalized spacial score (nSPS) is 10.2. The van der Waals surface area contributed by atoms with Crippen LogP contribution in [-0.2, 0) is 14.3 Å². The van der Waals surface area contributed by atoms with Crippen molar-refractivity contribution in [3.63, 3.8) is 0 Å². The van der Waals surface area contributed by atoms with Gasteiger partial charge in [-0.05, 0) is 12.1 Å². The van der Waals surface area contributed by atoms with E-state index in [-0.39, 0.29) is 6.42 Å². The van der Waals surface area contributed by atoms with Crippen molar-refractivity contribution in [2.45, 2.75) is 6.42 Å². The molecule has 1 aromatic heterocycles. The number of oxazole rings is 1. The number of methoxy groups -OCH3 is 1. The maximum absolute atomic E-state index is 11.4. The lowest BCUT2D eigenvalue weighted by atomic mass is 10.2. The molecule has 6 nitrogen and oxygen atoms in total. The topological polar surface area (TPSA) is 81.4 Å². The summed E-state index contributed by atoms with van der Waals surface area (Å²) in [5.74, 6) is -1.01. The molecule has 0 bridgehead atoms. The van der Waals surface area contributed by atoms with Crippen molar-refractivity contribution in [1.29, 1.82) is 0 Å². The molecule has 0 aliphatic heterocycles. The number of ether oxygens (including phenoxy) is 1. The van der Waals surface area contributed by atoms with Gasteiger partial charge in [0, 0.05) is 11.8 Å². The van der Waals surface area contributed by atoms with Crippen molar-refractivity contribution < 1.29 is 18.7 Å². The molecule has 0 radical (unpaired) electrons. The predicted octanol–water partition coefficient (Wildman–Crippen LogP) is 1.33. The van der Waals surface area contributed by atoms with Crippen LogP contribution in [0.2, 0.25) is 0 Å². The van der Waals surface area contributed by atoms with Gasteiger partial charge in [-0.15, -0.1) is 0 Å². The Hall–Kier alpha value is -2.37. The second kappa shape index (κ2) is 4.65. The minimum Gasteiger partial charge on any atom is -0.469 e. The molecule has 0 aliphatic rings. The van der Waals surface area contributed by atoms with Crippen LogP contribution in [0.1, 0.15) is 6.42 Å². The molecule has 1 aromatic carbocycles. The van der Waals surface area contributed by atoms with Crippen LogP contribution in [0.25, 0.3) is 11.1 Å². The minimum absolute atomic E-state index is 0.315. The van der Waals surface area contributed by atoms with Crippen LogP contribution >= 0.6 is 0 Å². The first kappa shape index (κ1) is 11.1. The Kier molecular flexibility index (Phi) is 3.04. The highest BCUT2D eigenvalue weighted by molar-refractivity contribution is 6.02. The van der Waals surface area contributed by atoms with Gasteiger partial charge >= 0.3 is 5.97 Å². The standard InChI is InChI=1S/C11H10N2O4/c1-16-11(15)5-10(14)13-7-2-3-8-9(4-7)17-6-12-8/h2-4,6H,5H2,1H3,(H,13,14). The predicted molar refractivity (Wildman–Crippen MR) is 59.3 cm³/mol. The first-order chi connectivity index (χ1) is 8.19. The van der Waals surface area contributed by atoms with E-state index < -0.39 is 11.9 Å². The van der Waals surface area contributed by atoms with Crippen LogP contribution in [0.3, 0.4) is 0 Å². The zero-order chi connectivity index (χ0) is 12.3. The van der Waals surface area contributed by atoms with E-state index in [4.69, 9.17) is 4.42 Å². The third-order valence-electron chi connectivity index (χ3n) is 2.15. The Bertz CT molecular complexity index is 561. The van der Waals surface area contributed by atoms with Gasteiger partial charge in [-0.3, -0.25) is 9.59 Å². The molecule has 0 fully saturated rings. The summed E-state index contributed by atoms with van der Waals surface area (Å²) in [6, 6.07) is 5.03. The molecule has 2 rings (SSSR count). The summed E-state index contributed by atoms with van der Waals surface area (Å²) in [6.07, 6.45) is 1.01. The van der Waals surface area contributed by atoms with Gasteiger partial charge in [0.25, 0.3) is 0 Å². The van der Waals surface area contributed by atoms with E-state index in [1.54, 1.807) is 18.2 Å². The fourth-order valence-corrected chi connectivity index (χ4v) is 1.34. The van der Waals surface area contributed by atoms with Gasteiger partial charge in [-0.1, -0.05) is 0 Å². The number of fused-ring (bicyclic) bond motifs is 1. The smallest absolute Gasteiger partial charge is 0.315 e. The summed E-state index contributed by atoms with van der Waals surface area (Å²) in [7, 11) is 1.23. The lowest BCUT2D eigenvalue weighted by Crippen LogP contribution is -2.17. The average Bonchev–Trinajstić information content (AvgIpc) is 2.75. The van der Waals surface area contributed by atoms with Gasteiger partial charge in [-0.25, -0.2) is 4.98 Å². The molecule has 1 amide bonds. The van der Waals surface area contributed by atoms with Crippen LogP contribution in [0.15, 0.2) is 29.0 Å². The molecule has 17 heavy (non-hydrogen) atoms. The quantitative estimate of drug-likeness (QED) is 0.640. The van der Waals surface area contributed by atoms with Crippen LogP contribution in [-0.4, -0.2) is 24.0 Å². The summed E-state index contributed by atoms with van der Waals surface area (Å²) in [6.45, 7) is 0. The lowest BCUT2D eigenvalue weighted by molar-refractivity contribution is -0.142. The van der Waals surface area contributed by atoms with Crippen molar-refractivity contribution >= 4 is 28.7 Å². The van der Waals surface area contributed by atoms with Crippen LogP contribution < -0.4 is 5.32 Å². The lowest BCUT2D eigenvalue weighted by Gasteiger charge is -2.03. The first-order valence-corrected chi connectivity index (χ1v) is 4.89. The summed E-state index contributed by atoms with van der Waals surface area (Å²) in [5, 5.41) is 2.56. The van der Waals surface area contributed by atoms with Crippen molar-refractivity contribution in [3.05, 3.63) is 24.6 Å². The number of esters is 1. The Morgan fingerprint density at radius 2 is 2.29 bits per heavy atom. The minimum atomic E-state index is -0.580. The molecule has 88 valence electrons. The van der Waals surface area contributed by atoms with E-state index in [1.165, 1.54) is 13.5 Å². The summed E-state index contributed by atoms with van der Waals surface area (Å²) in [4.78, 5) is 26.2. The van der Waals surface area contributed by atoms with Gasteiger partial charge in [0.05, 0.1) is 7.11 Å². The molecule has 0 spiro atoms. The third-order valence-corrected chi connectivity index (χ3v) is 2.15. The Morgan fingerprint density at radius 3 is 3.06 bits per heavy atom. The third kappa shape index (κ3) is 2.60. The molecule has 6 heteroatoms. The fourth-order valence-electron chi connectivity index (χ4n) is 1.34. The number of carbonyl (C=O) groups excluding carboxylic acids is 2. The van der Waals surface area contributed by atoms with Crippen LogP contribution in [0.5, 0.6) is 0 Å². The second-order valence-corrected chi connectivity index (χ2v) is 3.34. The highest BCUT2D eigenvalue weighted by atomic mass is 16.5. The number of amides is 1. The maximum atomic E-state index is 11.4. The SMILES string of the molecule is COC(=O)CC(=O)Nc1ccc2ncoc2c1. The molecule has 2 aromatic rings. The van der Waals surface area contributed by atoms with Crippen molar-refractivity contribution in [2.24, 2.45) is 0 Å². The molecule has 0 aliphatic carbocycles. The van der Waals surface area contributed by atoms with Crippen molar-refractivity contribution in [1.82, 2.24) is 4.98 Å². The zero-order valence-electron chi connectivity index (χ0n) is 9.10. The Balaban J connectivity index is 2.07. The van der Waals surface area contributed by atoms with Crippen LogP contribution in [0, 0.1) is 0 Å². The number of hydrogen-bond donors (Lipinski definition) is 1. The second-order valence-electron chi connectivity index (χ2n) is 3.34. The van der Waals surface area contributed by atoms with Gasteiger partial charge in [-0.2, -0.15) is 0 Å². The number of carbonyl (C=O) groups is 2. The summed E-state index contributed by atoms with van der Waals surface area (Å²) in [5.41, 5.74) is 1.82. The molecule has 1 N–H and O–H groups in total. The van der Waals surface area contributed by atoms with Gasteiger partial charge in [0.15, 0.2) is 12.0 Å². The number of nitrogens with one attached hydrogen (secondary N) is 1. The first-order valence-electron chi connectivity index (χ1n) is 4.89. The maximum Gasteiger partial charge on any atom is 0.315 e. The molecule has 0 atom stereocenters. The van der Waals surface area contributed by atoms with Crippen molar-refractivity contribution in [3.8, 4) is 0 Å². The largest absolute Gasteiger partial charge is 0.469 e. The number of rotatable bonds is 3. The van der Waals surface area contributed by atoms with Gasteiger partial charge in [0.1, 0.15) is 11.9 Å².